The van der Waals surface area contributed by atoms with Crippen molar-refractivity contribution >= 4 is 11.6 Å². The minimum atomic E-state index is -0.471. The molecule has 0 spiro atoms. The highest BCUT2D eigenvalue weighted by Gasteiger charge is 2.32. The summed E-state index contributed by atoms with van der Waals surface area (Å²) in [5.41, 5.74) is 6.63. The molecule has 3 heterocycles. The Balaban J connectivity index is 1.66. The zero-order chi connectivity index (χ0) is 14.1. The van der Waals surface area contributed by atoms with Crippen LogP contribution in [0, 0.1) is 0 Å². The molecule has 2 saturated heterocycles. The second kappa shape index (κ2) is 5.40. The molecule has 5 heteroatoms. The van der Waals surface area contributed by atoms with Crippen LogP contribution in [0.5, 0.6) is 0 Å². The van der Waals surface area contributed by atoms with Crippen LogP contribution in [-0.4, -0.2) is 47.5 Å². The number of carbonyl (C=O) groups excluding carboxylic acids is 1. The first kappa shape index (κ1) is 13.4. The number of carbonyl (C=O) groups is 1. The number of aromatic nitrogens is 1. The van der Waals surface area contributed by atoms with Crippen LogP contribution in [0.15, 0.2) is 18.3 Å². The molecule has 20 heavy (non-hydrogen) atoms. The molecule has 108 valence electrons. The van der Waals surface area contributed by atoms with Gasteiger partial charge in [-0.15, -0.1) is 0 Å². The van der Waals surface area contributed by atoms with Crippen molar-refractivity contribution in [1.29, 1.82) is 0 Å². The molecular weight excluding hydrogens is 252 g/mol. The van der Waals surface area contributed by atoms with Crippen molar-refractivity contribution in [3.63, 3.8) is 0 Å². The number of hydrogen-bond donors (Lipinski definition) is 1. The van der Waals surface area contributed by atoms with E-state index in [4.69, 9.17) is 5.73 Å². The summed E-state index contributed by atoms with van der Waals surface area (Å²) in [5.74, 6) is -0.471. The van der Waals surface area contributed by atoms with E-state index in [-0.39, 0.29) is 0 Å². The fourth-order valence-electron chi connectivity index (χ4n) is 3.46. The molecule has 0 aromatic carbocycles. The lowest BCUT2D eigenvalue weighted by Crippen LogP contribution is -2.39. The average molecular weight is 274 g/mol. The lowest BCUT2D eigenvalue weighted by Gasteiger charge is -2.28. The zero-order valence-corrected chi connectivity index (χ0v) is 12.0. The summed E-state index contributed by atoms with van der Waals surface area (Å²) in [6.45, 7) is 5.69. The molecule has 0 saturated carbocycles. The molecule has 2 fully saturated rings. The summed E-state index contributed by atoms with van der Waals surface area (Å²) in [5, 5.41) is 0. The van der Waals surface area contributed by atoms with Gasteiger partial charge in [-0.05, 0) is 44.9 Å². The molecule has 1 aromatic rings. The number of likely N-dealkylation sites (tertiary alicyclic amines) is 1. The van der Waals surface area contributed by atoms with Crippen LogP contribution in [0.25, 0.3) is 0 Å². The number of pyridine rings is 1. The van der Waals surface area contributed by atoms with Crippen molar-refractivity contribution in [2.75, 3.05) is 24.5 Å². The van der Waals surface area contributed by atoms with Gasteiger partial charge >= 0.3 is 0 Å². The number of amides is 1. The van der Waals surface area contributed by atoms with Crippen LogP contribution >= 0.6 is 0 Å². The predicted octanol–water partition coefficient (Wildman–Crippen LogP) is 1.24. The number of hydrogen-bond acceptors (Lipinski definition) is 4. The first-order valence-electron chi connectivity index (χ1n) is 7.41. The van der Waals surface area contributed by atoms with Crippen LogP contribution in [0.4, 0.5) is 5.69 Å². The van der Waals surface area contributed by atoms with Gasteiger partial charge in [0, 0.05) is 25.2 Å². The first-order chi connectivity index (χ1) is 9.65. The quantitative estimate of drug-likeness (QED) is 0.901. The van der Waals surface area contributed by atoms with Gasteiger partial charge in [-0.1, -0.05) is 0 Å². The molecule has 2 atom stereocenters. The highest BCUT2D eigenvalue weighted by Crippen LogP contribution is 2.27. The van der Waals surface area contributed by atoms with Crippen molar-refractivity contribution in [2.45, 2.75) is 38.3 Å². The normalized spacial score (nSPS) is 27.1. The summed E-state index contributed by atoms with van der Waals surface area (Å²) in [6, 6.07) is 5.03. The minimum Gasteiger partial charge on any atom is -0.369 e. The fraction of sp³-hybridized carbons (Fsp3) is 0.600. The number of anilines is 1. The first-order valence-corrected chi connectivity index (χ1v) is 7.41. The monoisotopic (exact) mass is 274 g/mol. The third-order valence-corrected chi connectivity index (χ3v) is 4.60. The van der Waals surface area contributed by atoms with E-state index in [1.54, 1.807) is 12.3 Å². The predicted molar refractivity (Wildman–Crippen MR) is 78.8 cm³/mol. The van der Waals surface area contributed by atoms with Crippen LogP contribution in [0.3, 0.4) is 0 Å². The largest absolute Gasteiger partial charge is 0.369 e. The maximum Gasteiger partial charge on any atom is 0.267 e. The maximum atomic E-state index is 11.0. The van der Waals surface area contributed by atoms with E-state index in [0.29, 0.717) is 11.7 Å². The smallest absolute Gasteiger partial charge is 0.267 e. The van der Waals surface area contributed by atoms with Crippen molar-refractivity contribution in [3.05, 3.63) is 24.0 Å². The Labute approximate surface area is 119 Å². The number of nitrogens with zero attached hydrogens (tertiary/aromatic N) is 3. The number of rotatable bonds is 3. The van der Waals surface area contributed by atoms with Crippen LogP contribution < -0.4 is 10.6 Å². The summed E-state index contributed by atoms with van der Waals surface area (Å²) in [4.78, 5) is 20.2. The molecule has 0 unspecified atom stereocenters. The molecular formula is C15H22N4O. The SMILES string of the molecule is C[C@H]1CCCN1[C@H]1CCN(c2ccc(C(N)=O)nc2)C1. The van der Waals surface area contributed by atoms with Crippen LogP contribution in [0.1, 0.15) is 36.7 Å². The van der Waals surface area contributed by atoms with E-state index in [1.807, 2.05) is 6.07 Å². The van der Waals surface area contributed by atoms with Gasteiger partial charge in [-0.3, -0.25) is 9.69 Å². The minimum absolute atomic E-state index is 0.331. The van der Waals surface area contributed by atoms with Gasteiger partial charge < -0.3 is 10.6 Å². The van der Waals surface area contributed by atoms with Crippen LogP contribution in [-0.2, 0) is 0 Å². The maximum absolute atomic E-state index is 11.0. The Morgan fingerprint density at radius 1 is 1.35 bits per heavy atom. The van der Waals surface area contributed by atoms with Gasteiger partial charge in [0.25, 0.3) is 5.91 Å². The molecule has 1 amide bonds. The van der Waals surface area contributed by atoms with E-state index in [1.165, 1.54) is 25.8 Å². The molecule has 0 bridgehead atoms. The number of primary amides is 1. The second-order valence-corrected chi connectivity index (χ2v) is 5.88. The Kier molecular flexibility index (Phi) is 3.61. The Morgan fingerprint density at radius 2 is 2.20 bits per heavy atom. The zero-order valence-electron chi connectivity index (χ0n) is 12.0. The second-order valence-electron chi connectivity index (χ2n) is 5.88. The molecule has 2 aliphatic rings. The summed E-state index contributed by atoms with van der Waals surface area (Å²) in [7, 11) is 0. The average Bonchev–Trinajstić information content (AvgIpc) is 3.07. The van der Waals surface area contributed by atoms with Gasteiger partial charge in [0.1, 0.15) is 5.69 Å². The Hall–Kier alpha value is -1.62. The van der Waals surface area contributed by atoms with Crippen molar-refractivity contribution in [2.24, 2.45) is 5.73 Å². The number of nitrogens with two attached hydrogens (primary N) is 1. The molecule has 3 rings (SSSR count). The van der Waals surface area contributed by atoms with Crippen LogP contribution in [0.2, 0.25) is 0 Å². The molecule has 2 N–H and O–H groups in total. The topological polar surface area (TPSA) is 62.5 Å². The van der Waals surface area contributed by atoms with E-state index in [9.17, 15) is 4.79 Å². The molecule has 0 radical (unpaired) electrons. The molecule has 2 aliphatic heterocycles. The van der Waals surface area contributed by atoms with E-state index in [2.05, 4.69) is 21.7 Å². The summed E-state index contributed by atoms with van der Waals surface area (Å²) < 4.78 is 0. The van der Waals surface area contributed by atoms with Gasteiger partial charge in [-0.25, -0.2) is 4.98 Å². The van der Waals surface area contributed by atoms with Gasteiger partial charge in [-0.2, -0.15) is 0 Å². The third-order valence-electron chi connectivity index (χ3n) is 4.60. The van der Waals surface area contributed by atoms with E-state index >= 15 is 0 Å². The summed E-state index contributed by atoms with van der Waals surface area (Å²) >= 11 is 0. The molecule has 1 aromatic heterocycles. The van der Waals surface area contributed by atoms with Crippen molar-refractivity contribution < 1.29 is 4.79 Å². The Morgan fingerprint density at radius 3 is 2.80 bits per heavy atom. The van der Waals surface area contributed by atoms with E-state index in [0.717, 1.165) is 24.8 Å². The van der Waals surface area contributed by atoms with Gasteiger partial charge in [0.15, 0.2) is 0 Å². The fourth-order valence-corrected chi connectivity index (χ4v) is 3.46. The van der Waals surface area contributed by atoms with Crippen molar-refractivity contribution in [3.8, 4) is 0 Å². The summed E-state index contributed by atoms with van der Waals surface area (Å²) in [6.07, 6.45) is 5.62. The molecule has 0 aliphatic carbocycles. The highest BCUT2D eigenvalue weighted by molar-refractivity contribution is 5.90. The van der Waals surface area contributed by atoms with E-state index < -0.39 is 5.91 Å². The lowest BCUT2D eigenvalue weighted by molar-refractivity contribution is 0.0995. The van der Waals surface area contributed by atoms with Gasteiger partial charge in [0.05, 0.1) is 11.9 Å². The third kappa shape index (κ3) is 2.50. The lowest BCUT2D eigenvalue weighted by atomic mass is 10.2. The highest BCUT2D eigenvalue weighted by atomic mass is 16.1. The standard InChI is InChI=1S/C15H22N4O/c1-11-3-2-7-19(11)13-6-8-18(10-13)12-4-5-14(15(16)20)17-9-12/h4-5,9,11,13H,2-3,6-8,10H2,1H3,(H2,16,20)/t11-,13-/m0/s1. The van der Waals surface area contributed by atoms with Gasteiger partial charge in [0.2, 0.25) is 0 Å². The molecule has 5 nitrogen and oxygen atoms in total. The van der Waals surface area contributed by atoms with Crippen molar-refractivity contribution in [1.82, 2.24) is 9.88 Å². The Bertz CT molecular complexity index is 487.